The minimum Gasteiger partial charge on any atom is -0.457 e. The van der Waals surface area contributed by atoms with Crippen molar-refractivity contribution in [1.29, 1.82) is 0 Å². The Bertz CT molecular complexity index is 3450. The van der Waals surface area contributed by atoms with E-state index in [1.807, 2.05) is 0 Å². The van der Waals surface area contributed by atoms with Crippen molar-refractivity contribution in [3.05, 3.63) is 240 Å². The van der Waals surface area contributed by atoms with Crippen LogP contribution in [0, 0.1) is 0 Å². The highest BCUT2D eigenvalue weighted by Gasteiger charge is 2.50. The molecule has 3 nitrogen and oxygen atoms in total. The maximum Gasteiger partial charge on any atom is 0.132 e. The van der Waals surface area contributed by atoms with E-state index in [1.54, 1.807) is 0 Å². The first-order chi connectivity index (χ1) is 30.0. The van der Waals surface area contributed by atoms with Gasteiger partial charge in [-0.15, -0.1) is 0 Å². The smallest absolute Gasteiger partial charge is 0.132 e. The van der Waals surface area contributed by atoms with Crippen LogP contribution in [0.25, 0.3) is 49.7 Å². The Balaban J connectivity index is 1.12. The number of ether oxygens (including phenoxy) is 1. The van der Waals surface area contributed by atoms with Gasteiger partial charge in [0.1, 0.15) is 11.5 Å². The largest absolute Gasteiger partial charge is 0.457 e. The third-order valence-electron chi connectivity index (χ3n) is 13.8. The van der Waals surface area contributed by atoms with E-state index in [4.69, 9.17) is 4.74 Å². The van der Waals surface area contributed by atoms with Crippen molar-refractivity contribution in [2.45, 2.75) is 24.7 Å². The molecular weight excluding hydrogens is 741 g/mol. The summed E-state index contributed by atoms with van der Waals surface area (Å²) in [6, 6.07) is 75.9. The summed E-state index contributed by atoms with van der Waals surface area (Å²) in [4.78, 5) is 2.47. The predicted molar refractivity (Wildman–Crippen MR) is 250 cm³/mol. The Hall–Kier alpha value is -7.62. The number of nitrogens with zero attached hydrogens (tertiary/aromatic N) is 2. The lowest BCUT2D eigenvalue weighted by atomic mass is 9.61. The van der Waals surface area contributed by atoms with Crippen molar-refractivity contribution < 1.29 is 4.74 Å². The quantitative estimate of drug-likeness (QED) is 0.177. The predicted octanol–water partition coefficient (Wildman–Crippen LogP) is 15.0. The summed E-state index contributed by atoms with van der Waals surface area (Å²) < 4.78 is 9.50. The molecule has 9 aromatic carbocycles. The Kier molecular flexibility index (Phi) is 6.99. The highest BCUT2D eigenvalue weighted by Crippen LogP contribution is 2.61. The molecule has 288 valence electrons. The number of hydrogen-bond donors (Lipinski definition) is 0. The van der Waals surface area contributed by atoms with Crippen molar-refractivity contribution in [2.75, 3.05) is 4.90 Å². The van der Waals surface area contributed by atoms with E-state index in [1.165, 1.54) is 66.4 Å². The van der Waals surface area contributed by atoms with Crippen LogP contribution < -0.4 is 9.64 Å². The van der Waals surface area contributed by atoms with Gasteiger partial charge in [-0.3, -0.25) is 0 Å². The zero-order valence-corrected chi connectivity index (χ0v) is 33.9. The molecule has 61 heavy (non-hydrogen) atoms. The van der Waals surface area contributed by atoms with E-state index in [-0.39, 0.29) is 5.41 Å². The van der Waals surface area contributed by atoms with Gasteiger partial charge in [-0.1, -0.05) is 166 Å². The summed E-state index contributed by atoms with van der Waals surface area (Å²) in [7, 11) is 0. The van der Waals surface area contributed by atoms with Gasteiger partial charge in [0, 0.05) is 44.3 Å². The van der Waals surface area contributed by atoms with Crippen LogP contribution in [0.3, 0.4) is 0 Å². The van der Waals surface area contributed by atoms with Crippen LogP contribution in [-0.2, 0) is 10.8 Å². The topological polar surface area (TPSA) is 17.4 Å². The van der Waals surface area contributed by atoms with Gasteiger partial charge in [-0.25, -0.2) is 0 Å². The molecule has 0 bridgehead atoms. The molecule has 1 aliphatic carbocycles. The molecule has 13 rings (SSSR count). The Labute approximate surface area is 355 Å². The summed E-state index contributed by atoms with van der Waals surface area (Å²) in [6.07, 6.45) is 0. The standard InChI is InChI=1S/C58H40N2O/c1-57(2)45-23-9-6-20-41(45)42-33-31-38(35-49(42)57)59(51-27-12-7-19-40(51)37-17-4-3-5-18-37)39-32-34-55-50(36-39)58(47-25-11-15-30-54(47)61-55)46-24-10-14-29-53(46)60-52-28-13-8-21-43(52)44-22-16-26-48(58)56(44)60/h3-36H,1-2H3. The van der Waals surface area contributed by atoms with Crippen LogP contribution in [0.2, 0.25) is 0 Å². The fraction of sp³-hybridized carbons (Fsp3) is 0.0690. The number of fused-ring (bicyclic) bond motifs is 14. The number of benzene rings is 9. The maximum atomic E-state index is 7.00. The average molecular weight is 781 g/mol. The summed E-state index contributed by atoms with van der Waals surface area (Å²) >= 11 is 0. The third-order valence-corrected chi connectivity index (χ3v) is 13.8. The summed E-state index contributed by atoms with van der Waals surface area (Å²) in [5.74, 6) is 1.74. The Morgan fingerprint density at radius 2 is 1.03 bits per heavy atom. The van der Waals surface area contributed by atoms with Crippen LogP contribution in [0.5, 0.6) is 11.5 Å². The fourth-order valence-corrected chi connectivity index (χ4v) is 11.2. The van der Waals surface area contributed by atoms with Gasteiger partial charge in [-0.05, 0) is 93.5 Å². The first kappa shape index (κ1) is 34.3. The maximum absolute atomic E-state index is 7.00. The second-order valence-corrected chi connectivity index (χ2v) is 17.2. The Morgan fingerprint density at radius 3 is 1.90 bits per heavy atom. The van der Waals surface area contributed by atoms with Gasteiger partial charge in [0.25, 0.3) is 0 Å². The number of aromatic nitrogens is 1. The van der Waals surface area contributed by atoms with Gasteiger partial charge in [0.2, 0.25) is 0 Å². The van der Waals surface area contributed by atoms with E-state index in [9.17, 15) is 0 Å². The first-order valence-electron chi connectivity index (χ1n) is 21.3. The average Bonchev–Trinajstić information content (AvgIpc) is 3.77. The minimum atomic E-state index is -0.688. The van der Waals surface area contributed by atoms with Gasteiger partial charge in [-0.2, -0.15) is 0 Å². The first-order valence-corrected chi connectivity index (χ1v) is 21.3. The second kappa shape index (κ2) is 12.5. The van der Waals surface area contributed by atoms with Crippen LogP contribution in [0.1, 0.15) is 47.2 Å². The summed E-state index contributed by atoms with van der Waals surface area (Å²) in [6.45, 7) is 4.73. The molecule has 0 radical (unpaired) electrons. The van der Waals surface area contributed by atoms with Crippen molar-refractivity contribution in [3.8, 4) is 39.4 Å². The zero-order valence-electron chi connectivity index (χ0n) is 33.9. The van der Waals surface area contributed by atoms with Gasteiger partial charge in [0.15, 0.2) is 0 Å². The molecule has 0 amide bonds. The lowest BCUT2D eigenvalue weighted by Gasteiger charge is -2.45. The molecule has 2 aliphatic heterocycles. The van der Waals surface area contributed by atoms with E-state index in [0.717, 1.165) is 45.3 Å². The van der Waals surface area contributed by atoms with Crippen LogP contribution in [-0.4, -0.2) is 4.57 Å². The number of para-hydroxylation sites is 5. The Morgan fingerprint density at radius 1 is 0.426 bits per heavy atom. The molecule has 0 fully saturated rings. The van der Waals surface area contributed by atoms with E-state index < -0.39 is 5.41 Å². The van der Waals surface area contributed by atoms with Crippen molar-refractivity contribution in [2.24, 2.45) is 0 Å². The van der Waals surface area contributed by atoms with Crippen molar-refractivity contribution in [3.63, 3.8) is 0 Å². The molecule has 1 spiro atoms. The molecule has 0 N–H and O–H groups in total. The molecule has 10 aromatic rings. The second-order valence-electron chi connectivity index (χ2n) is 17.2. The summed E-state index contributed by atoms with van der Waals surface area (Å²) in [5, 5.41) is 2.51. The van der Waals surface area contributed by atoms with Crippen LogP contribution in [0.15, 0.2) is 206 Å². The monoisotopic (exact) mass is 780 g/mol. The van der Waals surface area contributed by atoms with Gasteiger partial charge >= 0.3 is 0 Å². The van der Waals surface area contributed by atoms with Crippen LogP contribution in [0.4, 0.5) is 17.1 Å². The highest BCUT2D eigenvalue weighted by molar-refractivity contribution is 6.12. The van der Waals surface area contributed by atoms with E-state index >= 15 is 0 Å². The molecule has 0 saturated heterocycles. The van der Waals surface area contributed by atoms with Crippen molar-refractivity contribution in [1.82, 2.24) is 4.57 Å². The molecule has 1 aromatic heterocycles. The number of anilines is 3. The van der Waals surface area contributed by atoms with Crippen LogP contribution >= 0.6 is 0 Å². The SMILES string of the molecule is CC1(C)c2ccccc2-c2ccc(N(c3ccc4c(c3)C3(c5ccccc5O4)c4ccccc4-n4c5ccccc5c5cccc3c54)c3ccccc3-c3ccccc3)cc21. The number of hydrogen-bond acceptors (Lipinski definition) is 2. The highest BCUT2D eigenvalue weighted by atomic mass is 16.5. The molecule has 1 unspecified atom stereocenters. The summed E-state index contributed by atoms with van der Waals surface area (Å²) in [5.41, 5.74) is 18.5. The third kappa shape index (κ3) is 4.53. The molecule has 3 aliphatic rings. The minimum absolute atomic E-state index is 0.160. The molecule has 3 heterocycles. The normalized spacial score (nSPS) is 16.0. The van der Waals surface area contributed by atoms with E-state index in [0.29, 0.717) is 0 Å². The molecule has 3 heteroatoms. The molecule has 0 saturated carbocycles. The lowest BCUT2D eigenvalue weighted by molar-refractivity contribution is 0.434. The van der Waals surface area contributed by atoms with Gasteiger partial charge in [0.05, 0.1) is 27.8 Å². The zero-order chi connectivity index (χ0) is 40.5. The lowest BCUT2D eigenvalue weighted by Crippen LogP contribution is -2.38. The number of rotatable bonds is 4. The molecule has 1 atom stereocenters. The molecular formula is C58H40N2O. The van der Waals surface area contributed by atoms with E-state index in [2.05, 4.69) is 230 Å². The van der Waals surface area contributed by atoms with Crippen molar-refractivity contribution >= 4 is 38.9 Å². The fourth-order valence-electron chi connectivity index (χ4n) is 11.2. The van der Waals surface area contributed by atoms with Gasteiger partial charge < -0.3 is 14.2 Å².